The normalized spacial score (nSPS) is 11.5. The van der Waals surface area contributed by atoms with Gasteiger partial charge in [-0.2, -0.15) is 0 Å². The Hall–Kier alpha value is -2.50. The van der Waals surface area contributed by atoms with Gasteiger partial charge in [0.15, 0.2) is 5.11 Å². The van der Waals surface area contributed by atoms with E-state index >= 15 is 0 Å². The van der Waals surface area contributed by atoms with Gasteiger partial charge in [0.05, 0.1) is 6.04 Å². The third kappa shape index (κ3) is 7.44. The molecule has 0 radical (unpaired) electrons. The molecule has 0 saturated carbocycles. The van der Waals surface area contributed by atoms with Crippen molar-refractivity contribution < 1.29 is 4.74 Å². The van der Waals surface area contributed by atoms with Gasteiger partial charge in [-0.05, 0) is 68.0 Å². The monoisotopic (exact) mass is 422 g/mol. The van der Waals surface area contributed by atoms with Gasteiger partial charge in [0.2, 0.25) is 0 Å². The number of anilines is 1. The van der Waals surface area contributed by atoms with Gasteiger partial charge in [-0.25, -0.2) is 0 Å². The van der Waals surface area contributed by atoms with E-state index in [1.807, 2.05) is 49.0 Å². The molecule has 0 spiro atoms. The van der Waals surface area contributed by atoms with Crippen LogP contribution in [0.25, 0.3) is 0 Å². The van der Waals surface area contributed by atoms with Crippen molar-refractivity contribution in [3.63, 3.8) is 0 Å². The van der Waals surface area contributed by atoms with Crippen molar-refractivity contribution in [1.82, 2.24) is 5.32 Å². The lowest BCUT2D eigenvalue weighted by atomic mass is 10.2. The quantitative estimate of drug-likeness (QED) is 0.342. The molecule has 150 valence electrons. The number of hydrogen-bond acceptors (Lipinski definition) is 3. The van der Waals surface area contributed by atoms with E-state index in [-0.39, 0.29) is 6.04 Å². The van der Waals surface area contributed by atoms with E-state index in [0.29, 0.717) is 11.7 Å². The van der Waals surface area contributed by atoms with Crippen molar-refractivity contribution in [3.8, 4) is 5.75 Å². The Balaban J connectivity index is 1.40. The summed E-state index contributed by atoms with van der Waals surface area (Å²) in [5.41, 5.74) is 3.48. The van der Waals surface area contributed by atoms with Crippen LogP contribution < -0.4 is 15.4 Å². The molecule has 0 aromatic heterocycles. The summed E-state index contributed by atoms with van der Waals surface area (Å²) >= 11 is 7.26. The second-order valence-electron chi connectivity index (χ2n) is 6.92. The van der Waals surface area contributed by atoms with Crippen LogP contribution in [-0.2, 0) is 5.75 Å². The number of ether oxygens (including phenoxy) is 1. The minimum absolute atomic E-state index is 0.0952. The summed E-state index contributed by atoms with van der Waals surface area (Å²) in [5, 5.41) is 7.09. The first-order valence-corrected chi connectivity index (χ1v) is 11.0. The summed E-state index contributed by atoms with van der Waals surface area (Å²) in [7, 11) is 0. The molecule has 3 rings (SSSR count). The maximum Gasteiger partial charge on any atom is 0.171 e. The highest BCUT2D eigenvalue weighted by Crippen LogP contribution is 2.23. The van der Waals surface area contributed by atoms with Gasteiger partial charge in [0.1, 0.15) is 12.4 Å². The molecule has 3 aromatic carbocycles. The Morgan fingerprint density at radius 1 is 0.966 bits per heavy atom. The summed E-state index contributed by atoms with van der Waals surface area (Å²) in [6, 6.07) is 27.0. The predicted octanol–water partition coefficient (Wildman–Crippen LogP) is 6.04. The minimum atomic E-state index is 0.0952. The van der Waals surface area contributed by atoms with Crippen LogP contribution in [0.5, 0.6) is 5.75 Å². The van der Waals surface area contributed by atoms with Crippen molar-refractivity contribution in [2.24, 2.45) is 0 Å². The smallest absolute Gasteiger partial charge is 0.171 e. The van der Waals surface area contributed by atoms with Crippen LogP contribution in [0.3, 0.4) is 0 Å². The van der Waals surface area contributed by atoms with Gasteiger partial charge in [0, 0.05) is 16.3 Å². The highest BCUT2D eigenvalue weighted by molar-refractivity contribution is 7.98. The van der Waals surface area contributed by atoms with E-state index in [9.17, 15) is 0 Å². The zero-order chi connectivity index (χ0) is 20.5. The van der Waals surface area contributed by atoms with Crippen LogP contribution in [0.15, 0.2) is 83.8 Å². The second kappa shape index (κ2) is 10.9. The molecule has 5 heteroatoms. The summed E-state index contributed by atoms with van der Waals surface area (Å²) in [6.07, 6.45) is 0. The maximum absolute atomic E-state index is 5.80. The van der Waals surface area contributed by atoms with Crippen LogP contribution in [0.1, 0.15) is 18.1 Å². The van der Waals surface area contributed by atoms with Crippen molar-refractivity contribution >= 4 is 34.8 Å². The fourth-order valence-electron chi connectivity index (χ4n) is 2.66. The molecule has 0 unspecified atom stereocenters. The molecule has 0 aliphatic carbocycles. The molecule has 29 heavy (non-hydrogen) atoms. The number of aryl methyl sites for hydroxylation is 1. The predicted molar refractivity (Wildman–Crippen MR) is 128 cm³/mol. The Morgan fingerprint density at radius 2 is 1.66 bits per heavy atom. The number of nitrogens with one attached hydrogen (secondary N) is 2. The molecule has 1 atom stereocenters. The van der Waals surface area contributed by atoms with Crippen molar-refractivity contribution in [2.75, 3.05) is 11.9 Å². The van der Waals surface area contributed by atoms with E-state index in [2.05, 4.69) is 66.1 Å². The first-order valence-electron chi connectivity index (χ1n) is 9.62. The third-order valence-corrected chi connectivity index (χ3v) is 5.56. The average molecular weight is 423 g/mol. The summed E-state index contributed by atoms with van der Waals surface area (Å²) < 4.78 is 5.80. The van der Waals surface area contributed by atoms with E-state index < -0.39 is 0 Å². The Kier molecular flexibility index (Phi) is 7.96. The van der Waals surface area contributed by atoms with Crippen LogP contribution in [-0.4, -0.2) is 17.8 Å². The highest BCUT2D eigenvalue weighted by Gasteiger charge is 2.06. The van der Waals surface area contributed by atoms with E-state index in [0.717, 1.165) is 17.2 Å². The molecule has 3 aromatic rings. The molecule has 3 nitrogen and oxygen atoms in total. The van der Waals surface area contributed by atoms with Crippen molar-refractivity contribution in [2.45, 2.75) is 30.5 Å². The molecule has 0 fully saturated rings. The van der Waals surface area contributed by atoms with Crippen LogP contribution in [0, 0.1) is 6.92 Å². The molecule has 2 N–H and O–H groups in total. The molecule has 0 aliphatic rings. The Labute approximate surface area is 182 Å². The van der Waals surface area contributed by atoms with Crippen LogP contribution >= 0.6 is 24.0 Å². The number of thiocarbonyl (C=S) groups is 1. The van der Waals surface area contributed by atoms with E-state index in [1.54, 1.807) is 0 Å². The first-order chi connectivity index (χ1) is 14.1. The van der Waals surface area contributed by atoms with Gasteiger partial charge in [-0.3, -0.25) is 0 Å². The van der Waals surface area contributed by atoms with Gasteiger partial charge < -0.3 is 15.4 Å². The fourth-order valence-corrected chi connectivity index (χ4v) is 3.85. The lowest BCUT2D eigenvalue weighted by Crippen LogP contribution is -2.39. The molecule has 0 amide bonds. The summed E-state index contributed by atoms with van der Waals surface area (Å²) in [5.74, 6) is 1.81. The van der Waals surface area contributed by atoms with Crippen molar-refractivity contribution in [3.05, 3.63) is 90.0 Å². The highest BCUT2D eigenvalue weighted by atomic mass is 32.2. The topological polar surface area (TPSA) is 33.3 Å². The minimum Gasteiger partial charge on any atom is -0.491 e. The molecule has 0 saturated heterocycles. The van der Waals surface area contributed by atoms with E-state index in [4.69, 9.17) is 17.0 Å². The number of hydrogen-bond donors (Lipinski definition) is 2. The molecular formula is C24H26N2OS2. The van der Waals surface area contributed by atoms with Gasteiger partial charge >= 0.3 is 0 Å². The fraction of sp³-hybridized carbons (Fsp3) is 0.208. The average Bonchev–Trinajstić information content (AvgIpc) is 2.73. The lowest BCUT2D eigenvalue weighted by Gasteiger charge is -2.18. The third-order valence-electron chi connectivity index (χ3n) is 4.26. The SMILES string of the molecule is Cc1ccc(OC[C@H](C)NC(=S)Nc2ccc(CSc3ccccc3)cc2)cc1. The summed E-state index contributed by atoms with van der Waals surface area (Å²) in [4.78, 5) is 1.28. The molecule has 0 bridgehead atoms. The van der Waals surface area contributed by atoms with E-state index in [1.165, 1.54) is 16.0 Å². The number of rotatable bonds is 8. The molecule has 0 heterocycles. The largest absolute Gasteiger partial charge is 0.491 e. The number of thioether (sulfide) groups is 1. The van der Waals surface area contributed by atoms with Gasteiger partial charge in [0.25, 0.3) is 0 Å². The first kappa shape index (κ1) is 21.2. The van der Waals surface area contributed by atoms with Crippen molar-refractivity contribution in [1.29, 1.82) is 0 Å². The second-order valence-corrected chi connectivity index (χ2v) is 8.38. The van der Waals surface area contributed by atoms with Gasteiger partial charge in [-0.1, -0.05) is 48.0 Å². The van der Waals surface area contributed by atoms with Gasteiger partial charge in [-0.15, -0.1) is 11.8 Å². The van der Waals surface area contributed by atoms with Crippen LogP contribution in [0.4, 0.5) is 5.69 Å². The summed E-state index contributed by atoms with van der Waals surface area (Å²) in [6.45, 7) is 4.65. The number of benzene rings is 3. The Morgan fingerprint density at radius 3 is 2.34 bits per heavy atom. The standard InChI is InChI=1S/C24H26N2OS2/c1-18-8-14-22(15-9-18)27-16-19(2)25-24(28)26-21-12-10-20(11-13-21)17-29-23-6-4-3-5-7-23/h3-15,19H,16-17H2,1-2H3,(H2,25,26,28)/t19-/m0/s1. The Bertz CT molecular complexity index is 896. The lowest BCUT2D eigenvalue weighted by molar-refractivity contribution is 0.287. The zero-order valence-corrected chi connectivity index (χ0v) is 18.4. The molecular weight excluding hydrogens is 396 g/mol. The maximum atomic E-state index is 5.80. The molecule has 0 aliphatic heterocycles. The van der Waals surface area contributed by atoms with Crippen LogP contribution in [0.2, 0.25) is 0 Å². The zero-order valence-electron chi connectivity index (χ0n) is 16.7.